The van der Waals surface area contributed by atoms with E-state index in [4.69, 9.17) is 33.5 Å². The van der Waals surface area contributed by atoms with Crippen molar-refractivity contribution in [3.8, 4) is 5.75 Å². The molecule has 186 valence electrons. The van der Waals surface area contributed by atoms with Gasteiger partial charge >= 0.3 is 0 Å². The summed E-state index contributed by atoms with van der Waals surface area (Å²) in [7, 11) is -1.47. The molecule has 2 heterocycles. The maximum absolute atomic E-state index is 12.6. The summed E-state index contributed by atoms with van der Waals surface area (Å²) in [5.74, 6) is 6.15. The van der Waals surface area contributed by atoms with Gasteiger partial charge < -0.3 is 14.8 Å². The fraction of sp³-hybridized carbons (Fsp3) is 0.368. The number of nitrogens with zero attached hydrogens (tertiary/aromatic N) is 4. The van der Waals surface area contributed by atoms with Crippen molar-refractivity contribution in [2.24, 2.45) is 20.1 Å². The van der Waals surface area contributed by atoms with Crippen molar-refractivity contribution in [2.75, 3.05) is 19.4 Å². The van der Waals surface area contributed by atoms with Gasteiger partial charge in [0.25, 0.3) is 11.2 Å². The number of hydrazine groups is 1. The number of nitrogens with one attached hydrogen (secondary N) is 1. The van der Waals surface area contributed by atoms with Gasteiger partial charge in [0.1, 0.15) is 23.0 Å². The number of phenolic OH excluding ortho intramolecular Hbond substituents is 1. The van der Waals surface area contributed by atoms with Gasteiger partial charge in [-0.1, -0.05) is 44.0 Å². The molecular weight excluding hydrogens is 527 g/mol. The second-order valence-electron chi connectivity index (χ2n) is 8.61. The molecule has 0 spiro atoms. The number of benzene rings is 1. The highest BCUT2D eigenvalue weighted by molar-refractivity contribution is 7.89. The van der Waals surface area contributed by atoms with Crippen molar-refractivity contribution in [1.82, 2.24) is 9.31 Å². The third-order valence-corrected chi connectivity index (χ3v) is 8.00. The molecule has 4 N–H and O–H groups in total. The Morgan fingerprint density at radius 1 is 1.24 bits per heavy atom. The van der Waals surface area contributed by atoms with Crippen molar-refractivity contribution in [1.29, 1.82) is 0 Å². The summed E-state index contributed by atoms with van der Waals surface area (Å²) in [6.07, 6.45) is 1.36. The number of sulfonamides is 1. The fourth-order valence-electron chi connectivity index (χ4n) is 3.28. The van der Waals surface area contributed by atoms with Crippen LogP contribution < -0.4 is 11.2 Å². The molecule has 11 nitrogen and oxygen atoms in total. The van der Waals surface area contributed by atoms with Crippen LogP contribution in [0, 0.1) is 5.41 Å². The number of nitrogens with two attached hydrogens (primary N) is 1. The number of anilines is 1. The maximum Gasteiger partial charge on any atom is 0.269 e. The Kier molecular flexibility index (Phi) is 7.37. The largest absolute Gasteiger partial charge is 0.504 e. The molecule has 1 aromatic heterocycles. The van der Waals surface area contributed by atoms with Crippen LogP contribution in [0.5, 0.6) is 5.75 Å². The molecule has 0 radical (unpaired) electrons. The molecule has 3 rings (SSSR count). The zero-order chi connectivity index (χ0) is 25.6. The predicted molar refractivity (Wildman–Crippen MR) is 133 cm³/mol. The topological polar surface area (TPSA) is 154 Å². The Balaban J connectivity index is 2.02. The van der Waals surface area contributed by atoms with E-state index in [1.165, 1.54) is 37.5 Å². The maximum atomic E-state index is 12.6. The molecule has 34 heavy (non-hydrogen) atoms. The number of halogens is 2. The molecule has 1 aliphatic rings. The second-order valence-corrected chi connectivity index (χ2v) is 12.4. The third-order valence-electron chi connectivity index (χ3n) is 4.82. The predicted octanol–water partition coefficient (Wildman–Crippen LogP) is 3.31. The first-order chi connectivity index (χ1) is 15.6. The van der Waals surface area contributed by atoms with E-state index < -0.39 is 43.3 Å². The van der Waals surface area contributed by atoms with Gasteiger partial charge in [0.05, 0.1) is 15.7 Å². The molecule has 1 unspecified atom stereocenters. The van der Waals surface area contributed by atoms with Crippen molar-refractivity contribution < 1.29 is 22.2 Å². The summed E-state index contributed by atoms with van der Waals surface area (Å²) in [4.78, 5) is -0.496. The van der Waals surface area contributed by atoms with E-state index in [2.05, 4.69) is 14.1 Å². The van der Waals surface area contributed by atoms with Crippen LogP contribution in [0.15, 0.2) is 42.6 Å². The molecule has 1 aliphatic heterocycles. The zero-order valence-electron chi connectivity index (χ0n) is 18.9. The molecule has 0 saturated heterocycles. The molecular formula is C19H24Cl2N6O5S2. The van der Waals surface area contributed by atoms with E-state index in [0.717, 1.165) is 4.31 Å². The van der Waals surface area contributed by atoms with Gasteiger partial charge in [-0.05, 0) is 17.5 Å². The van der Waals surface area contributed by atoms with Gasteiger partial charge in [-0.3, -0.25) is 5.01 Å². The highest BCUT2D eigenvalue weighted by atomic mass is 35.5. The van der Waals surface area contributed by atoms with Crippen LogP contribution in [0.1, 0.15) is 32.6 Å². The van der Waals surface area contributed by atoms with Gasteiger partial charge in [0.15, 0.2) is 17.4 Å². The van der Waals surface area contributed by atoms with Gasteiger partial charge in [-0.2, -0.15) is 0 Å². The first kappa shape index (κ1) is 26.4. The minimum absolute atomic E-state index is 0.00264. The van der Waals surface area contributed by atoms with Crippen molar-refractivity contribution in [2.45, 2.75) is 31.7 Å². The standard InChI is InChI=1S/C19H24Cl2N6O5S2/c1-19(2,3)16(13-8-10(20)9-32-13)27(22)18-17(24-33(29)25-18)23-12-7-6-11(21)15(14(12)28)34(30,31)26(4)5/h6-9,16,28H,22H2,1-5H3,(H,23,24)/t16-,33?/m0/s1. The molecule has 0 saturated carbocycles. The number of hydrogen-bond donors (Lipinski definition) is 3. The van der Waals surface area contributed by atoms with Gasteiger partial charge in [0, 0.05) is 20.2 Å². The summed E-state index contributed by atoms with van der Waals surface area (Å²) in [5.41, 5.74) is -0.555. The number of rotatable bonds is 5. The Hall–Kier alpha value is -2.16. The lowest BCUT2D eigenvalue weighted by atomic mass is 9.84. The normalized spacial score (nSPS) is 17.5. The van der Waals surface area contributed by atoms with Crippen LogP contribution in [0.25, 0.3) is 0 Å². The van der Waals surface area contributed by atoms with Gasteiger partial charge in [-0.25, -0.2) is 22.8 Å². The van der Waals surface area contributed by atoms with Crippen molar-refractivity contribution in [3.63, 3.8) is 0 Å². The Morgan fingerprint density at radius 3 is 2.41 bits per heavy atom. The smallest absolute Gasteiger partial charge is 0.269 e. The average molecular weight is 551 g/mol. The van der Waals surface area contributed by atoms with E-state index in [1.54, 1.807) is 6.07 Å². The molecule has 0 bridgehead atoms. The van der Waals surface area contributed by atoms with Crippen LogP contribution in [0.2, 0.25) is 10.0 Å². The minimum atomic E-state index is -4.08. The summed E-state index contributed by atoms with van der Waals surface area (Å²) in [6.45, 7) is 5.73. The van der Waals surface area contributed by atoms with E-state index in [1.807, 2.05) is 20.8 Å². The summed E-state index contributed by atoms with van der Waals surface area (Å²) in [5, 5.41) is 14.9. The second kappa shape index (κ2) is 9.47. The SMILES string of the molecule is CN(C)S(=O)(=O)c1c(Cl)ccc(NC2=NS(=O)N=C2N(N)[C@@H](c2cc(Cl)co2)C(C)(C)C)c1O. The number of furan rings is 1. The molecule has 2 aromatic rings. The third kappa shape index (κ3) is 5.09. The fourth-order valence-corrected chi connectivity index (χ4v) is 5.57. The monoisotopic (exact) mass is 550 g/mol. The average Bonchev–Trinajstić information content (AvgIpc) is 3.28. The van der Waals surface area contributed by atoms with Crippen LogP contribution in [0.3, 0.4) is 0 Å². The lowest BCUT2D eigenvalue weighted by molar-refractivity contribution is 0.146. The lowest BCUT2D eigenvalue weighted by Gasteiger charge is -2.36. The number of aromatic hydroxyl groups is 1. The van der Waals surface area contributed by atoms with Gasteiger partial charge in [0.2, 0.25) is 10.0 Å². The minimum Gasteiger partial charge on any atom is -0.504 e. The lowest BCUT2D eigenvalue weighted by Crippen LogP contribution is -2.49. The Morgan fingerprint density at radius 2 is 1.88 bits per heavy atom. The van der Waals surface area contributed by atoms with Crippen LogP contribution in [-0.2, 0) is 21.2 Å². The van der Waals surface area contributed by atoms with E-state index in [-0.39, 0.29) is 22.4 Å². The van der Waals surface area contributed by atoms with Crippen LogP contribution in [-0.4, -0.2) is 52.8 Å². The van der Waals surface area contributed by atoms with Crippen LogP contribution in [0.4, 0.5) is 5.69 Å². The summed E-state index contributed by atoms with van der Waals surface area (Å²) >= 11 is 10.1. The molecule has 0 amide bonds. The van der Waals surface area contributed by atoms with E-state index in [0.29, 0.717) is 10.8 Å². The Labute approximate surface area is 210 Å². The van der Waals surface area contributed by atoms with E-state index >= 15 is 0 Å². The molecule has 0 fully saturated rings. The van der Waals surface area contributed by atoms with E-state index in [9.17, 15) is 17.7 Å². The number of amidine groups is 2. The summed E-state index contributed by atoms with van der Waals surface area (Å²) < 4.78 is 51.9. The van der Waals surface area contributed by atoms with Crippen LogP contribution >= 0.6 is 23.2 Å². The molecule has 1 aromatic carbocycles. The zero-order valence-corrected chi connectivity index (χ0v) is 22.1. The first-order valence-corrected chi connectivity index (χ1v) is 13.0. The molecule has 0 aliphatic carbocycles. The molecule has 15 heteroatoms. The number of hydrogen-bond acceptors (Lipinski definition) is 8. The first-order valence-electron chi connectivity index (χ1n) is 9.73. The summed E-state index contributed by atoms with van der Waals surface area (Å²) in [6, 6.07) is 3.65. The molecule has 2 atom stereocenters. The quantitative estimate of drug-likeness (QED) is 0.291. The van der Waals surface area contributed by atoms with Gasteiger partial charge in [-0.15, -0.1) is 8.80 Å². The van der Waals surface area contributed by atoms with Crippen molar-refractivity contribution in [3.05, 3.63) is 40.3 Å². The number of phenols is 1. The highest BCUT2D eigenvalue weighted by Gasteiger charge is 2.38. The Bertz CT molecular complexity index is 1300. The highest BCUT2D eigenvalue weighted by Crippen LogP contribution is 2.40. The van der Waals surface area contributed by atoms with Crippen molar-refractivity contribution >= 4 is 61.8 Å².